The van der Waals surface area contributed by atoms with Crippen molar-refractivity contribution in [2.24, 2.45) is 0 Å². The summed E-state index contributed by atoms with van der Waals surface area (Å²) in [7, 11) is 0. The molecule has 2 aromatic carbocycles. The molecule has 0 saturated heterocycles. The van der Waals surface area contributed by atoms with E-state index in [0.29, 0.717) is 17.0 Å². The lowest BCUT2D eigenvalue weighted by atomic mass is 9.99. The lowest BCUT2D eigenvalue weighted by molar-refractivity contribution is -0.137. The van der Waals surface area contributed by atoms with Crippen LogP contribution in [0, 0.1) is 20.8 Å². The third kappa shape index (κ3) is 4.01. The van der Waals surface area contributed by atoms with Crippen molar-refractivity contribution in [3.8, 4) is 0 Å². The van der Waals surface area contributed by atoms with Crippen LogP contribution in [-0.2, 0) is 16.1 Å². The number of aryl methyl sites for hydroxylation is 3. The number of hydrogen-bond acceptors (Lipinski definition) is 3. The molecule has 2 amide bonds. The zero-order valence-electron chi connectivity index (χ0n) is 16.5. The van der Waals surface area contributed by atoms with E-state index in [9.17, 15) is 9.59 Å². The molecule has 0 aliphatic carbocycles. The highest BCUT2D eigenvalue weighted by Crippen LogP contribution is 2.39. The molecule has 0 bridgehead atoms. The van der Waals surface area contributed by atoms with Gasteiger partial charge in [0.25, 0.3) is 11.8 Å². The number of benzene rings is 2. The molecule has 2 aromatic rings. The van der Waals surface area contributed by atoms with Crippen molar-refractivity contribution in [2.45, 2.75) is 46.4 Å². The van der Waals surface area contributed by atoms with Crippen molar-refractivity contribution in [1.29, 1.82) is 0 Å². The van der Waals surface area contributed by atoms with Crippen LogP contribution in [0.3, 0.4) is 0 Å². The molecule has 3 rings (SSSR count). The monoisotopic (exact) mass is 379 g/mol. The molecule has 27 heavy (non-hydrogen) atoms. The maximum absolute atomic E-state index is 13.3. The second-order valence-electron chi connectivity index (χ2n) is 7.37. The molecule has 0 N–H and O–H groups in total. The number of carbonyl (C=O) groups excluding carboxylic acids is 2. The van der Waals surface area contributed by atoms with Crippen LogP contribution in [0.15, 0.2) is 47.4 Å². The largest absolute Gasteiger partial charge is 0.269 e. The van der Waals surface area contributed by atoms with Crippen molar-refractivity contribution in [2.75, 3.05) is 0 Å². The normalized spacial score (nSPS) is 14.7. The summed E-state index contributed by atoms with van der Waals surface area (Å²) in [5, 5.41) is 0.219. The van der Waals surface area contributed by atoms with Gasteiger partial charge in [-0.1, -0.05) is 67.4 Å². The van der Waals surface area contributed by atoms with E-state index in [-0.39, 0.29) is 17.1 Å². The SMILES string of the molecule is Cc1ccc(CN2C(=O)C(SC(C)C)=C(c3ccc(C)cc3C)C2=O)cc1. The number of thioether (sulfide) groups is 1. The molecule has 0 aromatic heterocycles. The van der Waals surface area contributed by atoms with Crippen molar-refractivity contribution < 1.29 is 9.59 Å². The van der Waals surface area contributed by atoms with Crippen molar-refractivity contribution in [3.05, 3.63) is 75.2 Å². The van der Waals surface area contributed by atoms with Gasteiger partial charge in [0.05, 0.1) is 17.0 Å². The smallest absolute Gasteiger partial charge is 0.268 e. The number of rotatable bonds is 5. The Kier molecular flexibility index (Phi) is 5.56. The van der Waals surface area contributed by atoms with Crippen molar-refractivity contribution >= 4 is 29.1 Å². The molecular formula is C23H25NO2S. The molecular weight excluding hydrogens is 354 g/mol. The van der Waals surface area contributed by atoms with Crippen LogP contribution in [-0.4, -0.2) is 22.0 Å². The highest BCUT2D eigenvalue weighted by molar-refractivity contribution is 8.04. The number of amides is 2. The Labute approximate surface area is 165 Å². The molecule has 1 aliphatic heterocycles. The van der Waals surface area contributed by atoms with E-state index in [1.807, 2.05) is 71.0 Å². The molecule has 3 nitrogen and oxygen atoms in total. The maximum atomic E-state index is 13.3. The van der Waals surface area contributed by atoms with Gasteiger partial charge in [0.15, 0.2) is 0 Å². The van der Waals surface area contributed by atoms with E-state index in [0.717, 1.165) is 27.8 Å². The fourth-order valence-corrected chi connectivity index (χ4v) is 4.25. The summed E-state index contributed by atoms with van der Waals surface area (Å²) in [5.74, 6) is -0.384. The first kappa shape index (κ1) is 19.4. The van der Waals surface area contributed by atoms with E-state index < -0.39 is 0 Å². The van der Waals surface area contributed by atoms with Crippen LogP contribution in [0.2, 0.25) is 0 Å². The summed E-state index contributed by atoms with van der Waals surface area (Å²) in [6.45, 7) is 10.4. The van der Waals surface area contributed by atoms with Gasteiger partial charge in [-0.05, 0) is 37.5 Å². The van der Waals surface area contributed by atoms with Crippen molar-refractivity contribution in [1.82, 2.24) is 4.90 Å². The molecule has 0 fully saturated rings. The van der Waals surface area contributed by atoms with Gasteiger partial charge < -0.3 is 0 Å². The highest BCUT2D eigenvalue weighted by Gasteiger charge is 2.39. The topological polar surface area (TPSA) is 37.4 Å². The molecule has 4 heteroatoms. The summed E-state index contributed by atoms with van der Waals surface area (Å²) >= 11 is 1.47. The second kappa shape index (κ2) is 7.73. The van der Waals surface area contributed by atoms with E-state index in [1.165, 1.54) is 16.7 Å². The van der Waals surface area contributed by atoms with Crippen LogP contribution in [0.4, 0.5) is 0 Å². The van der Waals surface area contributed by atoms with Crippen LogP contribution in [0.25, 0.3) is 5.57 Å². The zero-order valence-corrected chi connectivity index (χ0v) is 17.3. The Balaban J connectivity index is 2.02. The third-order valence-corrected chi connectivity index (χ3v) is 5.68. The first-order chi connectivity index (χ1) is 12.8. The highest BCUT2D eigenvalue weighted by atomic mass is 32.2. The molecule has 1 heterocycles. The maximum Gasteiger partial charge on any atom is 0.268 e. The van der Waals surface area contributed by atoms with Gasteiger partial charge in [-0.2, -0.15) is 0 Å². The van der Waals surface area contributed by atoms with Gasteiger partial charge in [0, 0.05) is 5.25 Å². The second-order valence-corrected chi connectivity index (χ2v) is 8.96. The summed E-state index contributed by atoms with van der Waals surface area (Å²) in [6.07, 6.45) is 0. The van der Waals surface area contributed by atoms with Crippen LogP contribution >= 0.6 is 11.8 Å². The predicted octanol–water partition coefficient (Wildman–Crippen LogP) is 5.03. The molecule has 1 aliphatic rings. The van der Waals surface area contributed by atoms with Gasteiger partial charge in [-0.3, -0.25) is 14.5 Å². The predicted molar refractivity (Wildman–Crippen MR) is 112 cm³/mol. The van der Waals surface area contributed by atoms with Gasteiger partial charge >= 0.3 is 0 Å². The van der Waals surface area contributed by atoms with E-state index in [2.05, 4.69) is 6.07 Å². The van der Waals surface area contributed by atoms with Gasteiger partial charge in [0.1, 0.15) is 0 Å². The molecule has 0 unspecified atom stereocenters. The van der Waals surface area contributed by atoms with Gasteiger partial charge in [-0.25, -0.2) is 0 Å². The average molecular weight is 380 g/mol. The molecule has 0 spiro atoms. The summed E-state index contributed by atoms with van der Waals surface area (Å²) in [6, 6.07) is 14.0. The summed E-state index contributed by atoms with van der Waals surface area (Å²) in [5.41, 5.74) is 5.67. The minimum absolute atomic E-state index is 0.186. The molecule has 0 atom stereocenters. The van der Waals surface area contributed by atoms with Crippen molar-refractivity contribution in [3.63, 3.8) is 0 Å². The standard InChI is InChI=1S/C23H25NO2S/c1-14(2)27-21-20(19-11-8-16(4)12-17(19)5)22(25)24(23(21)26)13-18-9-6-15(3)7-10-18/h6-12,14H,13H2,1-5H3. The Hall–Kier alpha value is -2.33. The Morgan fingerprint density at radius 2 is 1.52 bits per heavy atom. The summed E-state index contributed by atoms with van der Waals surface area (Å²) in [4.78, 5) is 28.3. The number of imide groups is 1. The minimum Gasteiger partial charge on any atom is -0.269 e. The first-order valence-electron chi connectivity index (χ1n) is 9.18. The molecule has 0 saturated carbocycles. The lowest BCUT2D eigenvalue weighted by Gasteiger charge is -2.16. The Bertz CT molecular complexity index is 926. The number of nitrogens with zero attached hydrogens (tertiary/aromatic N) is 1. The zero-order chi connectivity index (χ0) is 19.7. The minimum atomic E-state index is -0.198. The summed E-state index contributed by atoms with van der Waals surface area (Å²) < 4.78 is 0. The average Bonchev–Trinajstić information content (AvgIpc) is 2.81. The Morgan fingerprint density at radius 1 is 0.889 bits per heavy atom. The van der Waals surface area contributed by atoms with E-state index in [1.54, 1.807) is 0 Å². The van der Waals surface area contributed by atoms with Gasteiger partial charge in [-0.15, -0.1) is 11.8 Å². The quantitative estimate of drug-likeness (QED) is 0.684. The number of hydrogen-bond donors (Lipinski definition) is 0. The first-order valence-corrected chi connectivity index (χ1v) is 10.1. The van der Waals surface area contributed by atoms with Gasteiger partial charge in [0.2, 0.25) is 0 Å². The molecule has 140 valence electrons. The fraction of sp³-hybridized carbons (Fsp3) is 0.304. The molecule has 0 radical (unpaired) electrons. The van der Waals surface area contributed by atoms with Crippen LogP contribution in [0.1, 0.15) is 41.7 Å². The third-order valence-electron chi connectivity index (χ3n) is 4.59. The fourth-order valence-electron chi connectivity index (χ4n) is 3.25. The van der Waals surface area contributed by atoms with Crippen LogP contribution in [0.5, 0.6) is 0 Å². The van der Waals surface area contributed by atoms with E-state index in [4.69, 9.17) is 0 Å². The van der Waals surface area contributed by atoms with Crippen LogP contribution < -0.4 is 0 Å². The Morgan fingerprint density at radius 3 is 2.11 bits per heavy atom. The number of carbonyl (C=O) groups is 2. The van der Waals surface area contributed by atoms with E-state index >= 15 is 0 Å². The lowest BCUT2D eigenvalue weighted by Crippen LogP contribution is -2.31.